The molecule has 0 saturated carbocycles. The number of hydrogen-bond acceptors (Lipinski definition) is 3. The van der Waals surface area contributed by atoms with Crippen LogP contribution in [0.1, 0.15) is 40.0 Å². The van der Waals surface area contributed by atoms with Gasteiger partial charge in [0, 0.05) is 16.7 Å². The van der Waals surface area contributed by atoms with Crippen LogP contribution >= 0.6 is 34.8 Å². The Labute approximate surface area is 177 Å². The Bertz CT molecular complexity index is 866. The number of amides is 2. The molecular formula is C20H20IN3O2S. The number of likely N-dealkylation sites (tertiary alicyclic amines) is 1. The summed E-state index contributed by atoms with van der Waals surface area (Å²) in [6.45, 7) is 1.56. The summed E-state index contributed by atoms with van der Waals surface area (Å²) in [5.41, 5.74) is 1.71. The lowest BCUT2D eigenvalue weighted by Gasteiger charge is -2.27. The number of hydrogen-bond donors (Lipinski definition) is 2. The zero-order valence-corrected chi connectivity index (χ0v) is 17.7. The maximum Gasteiger partial charge on any atom is 0.258 e. The number of benzene rings is 2. The van der Waals surface area contributed by atoms with Crippen LogP contribution in [-0.4, -0.2) is 34.9 Å². The van der Waals surface area contributed by atoms with E-state index >= 15 is 0 Å². The lowest BCUT2D eigenvalue weighted by atomic mass is 10.1. The van der Waals surface area contributed by atoms with Gasteiger partial charge in [0.25, 0.3) is 11.8 Å². The zero-order valence-electron chi connectivity index (χ0n) is 14.7. The molecule has 1 aliphatic rings. The molecule has 1 aliphatic heterocycles. The molecule has 1 heterocycles. The van der Waals surface area contributed by atoms with Crippen molar-refractivity contribution in [2.24, 2.45) is 0 Å². The monoisotopic (exact) mass is 493 g/mol. The highest BCUT2D eigenvalue weighted by Crippen LogP contribution is 2.20. The van der Waals surface area contributed by atoms with Gasteiger partial charge in [-0.05, 0) is 78.3 Å². The van der Waals surface area contributed by atoms with Crippen LogP contribution in [0.2, 0.25) is 0 Å². The first-order chi connectivity index (χ1) is 13.1. The maximum absolute atomic E-state index is 12.8. The third-order valence-corrected chi connectivity index (χ3v) is 5.54. The maximum atomic E-state index is 12.8. The van der Waals surface area contributed by atoms with Crippen LogP contribution < -0.4 is 10.6 Å². The third-order valence-electron chi connectivity index (χ3n) is 4.39. The van der Waals surface area contributed by atoms with Crippen LogP contribution in [0.3, 0.4) is 0 Å². The van der Waals surface area contributed by atoms with E-state index in [1.807, 2.05) is 29.2 Å². The molecule has 7 heteroatoms. The number of para-hydroxylation sites is 1. The lowest BCUT2D eigenvalue weighted by molar-refractivity contribution is 0.0725. The first kappa shape index (κ1) is 19.8. The number of thiocarbonyl (C=S) groups is 1. The van der Waals surface area contributed by atoms with Crippen molar-refractivity contribution in [1.82, 2.24) is 10.2 Å². The Morgan fingerprint density at radius 3 is 2.26 bits per heavy atom. The first-order valence-corrected chi connectivity index (χ1v) is 10.3. The highest BCUT2D eigenvalue weighted by atomic mass is 127. The fourth-order valence-electron chi connectivity index (χ4n) is 3.02. The second-order valence-electron chi connectivity index (χ2n) is 6.29. The zero-order chi connectivity index (χ0) is 19.2. The molecule has 1 fully saturated rings. The van der Waals surface area contributed by atoms with Crippen LogP contribution in [0, 0.1) is 3.57 Å². The Hall–Kier alpha value is -2.00. The molecule has 3 rings (SSSR count). The van der Waals surface area contributed by atoms with Crippen molar-refractivity contribution in [3.05, 3.63) is 63.2 Å². The summed E-state index contributed by atoms with van der Waals surface area (Å²) in [6, 6.07) is 14.5. The number of carbonyl (C=O) groups is 2. The second kappa shape index (κ2) is 9.27. The molecule has 0 aliphatic carbocycles. The van der Waals surface area contributed by atoms with E-state index in [0.29, 0.717) is 16.8 Å². The number of nitrogens with zero attached hydrogens (tertiary/aromatic N) is 1. The summed E-state index contributed by atoms with van der Waals surface area (Å²) in [6.07, 6.45) is 3.23. The predicted octanol–water partition coefficient (Wildman–Crippen LogP) is 4.04. The quantitative estimate of drug-likeness (QED) is 0.501. The molecule has 2 aromatic rings. The molecule has 1 saturated heterocycles. The van der Waals surface area contributed by atoms with E-state index < -0.39 is 0 Å². The minimum atomic E-state index is -0.280. The topological polar surface area (TPSA) is 61.4 Å². The molecule has 0 bridgehead atoms. The summed E-state index contributed by atoms with van der Waals surface area (Å²) in [4.78, 5) is 27.1. The number of piperidine rings is 1. The van der Waals surface area contributed by atoms with Gasteiger partial charge in [-0.15, -0.1) is 0 Å². The fraction of sp³-hybridized carbons (Fsp3) is 0.250. The molecule has 0 atom stereocenters. The van der Waals surface area contributed by atoms with Crippen LogP contribution in [0.25, 0.3) is 0 Å². The van der Waals surface area contributed by atoms with Gasteiger partial charge in [-0.3, -0.25) is 14.9 Å². The minimum absolute atomic E-state index is 0.00969. The van der Waals surface area contributed by atoms with Crippen LogP contribution in [-0.2, 0) is 0 Å². The Morgan fingerprint density at radius 1 is 0.926 bits per heavy atom. The van der Waals surface area contributed by atoms with Gasteiger partial charge in [0.05, 0.1) is 16.8 Å². The van der Waals surface area contributed by atoms with Crippen molar-refractivity contribution in [2.75, 3.05) is 18.4 Å². The molecule has 27 heavy (non-hydrogen) atoms. The average Bonchev–Trinajstić information content (AvgIpc) is 2.68. The number of halogens is 1. The van der Waals surface area contributed by atoms with Crippen LogP contribution in [0.4, 0.5) is 5.69 Å². The molecule has 140 valence electrons. The van der Waals surface area contributed by atoms with Gasteiger partial charge in [0.2, 0.25) is 0 Å². The normalized spacial score (nSPS) is 13.7. The number of anilines is 1. The molecule has 5 nitrogen and oxygen atoms in total. The smallest absolute Gasteiger partial charge is 0.258 e. The Kier molecular flexibility index (Phi) is 6.78. The summed E-state index contributed by atoms with van der Waals surface area (Å²) in [5, 5.41) is 5.85. The lowest BCUT2D eigenvalue weighted by Crippen LogP contribution is -2.37. The molecular weight excluding hydrogens is 473 g/mol. The summed E-state index contributed by atoms with van der Waals surface area (Å²) >= 11 is 7.40. The molecule has 2 N–H and O–H groups in total. The molecule has 0 radical (unpaired) electrons. The van der Waals surface area contributed by atoms with E-state index in [4.69, 9.17) is 12.2 Å². The van der Waals surface area contributed by atoms with E-state index in [-0.39, 0.29) is 16.9 Å². The number of rotatable bonds is 3. The van der Waals surface area contributed by atoms with Crippen LogP contribution in [0.15, 0.2) is 48.5 Å². The molecule has 0 unspecified atom stereocenters. The third kappa shape index (κ3) is 5.04. The molecule has 2 amide bonds. The van der Waals surface area contributed by atoms with Gasteiger partial charge < -0.3 is 10.2 Å². The van der Waals surface area contributed by atoms with E-state index in [1.165, 1.54) is 0 Å². The highest BCUT2D eigenvalue weighted by Gasteiger charge is 2.21. The number of carbonyl (C=O) groups excluding carboxylic acids is 2. The minimum Gasteiger partial charge on any atom is -0.339 e. The van der Waals surface area contributed by atoms with Crippen molar-refractivity contribution < 1.29 is 9.59 Å². The van der Waals surface area contributed by atoms with Gasteiger partial charge in [-0.25, -0.2) is 0 Å². The van der Waals surface area contributed by atoms with E-state index in [0.717, 1.165) is 35.9 Å². The van der Waals surface area contributed by atoms with Crippen molar-refractivity contribution in [3.63, 3.8) is 0 Å². The summed E-state index contributed by atoms with van der Waals surface area (Å²) in [5.74, 6) is -0.290. The van der Waals surface area contributed by atoms with Gasteiger partial charge >= 0.3 is 0 Å². The summed E-state index contributed by atoms with van der Waals surface area (Å²) in [7, 11) is 0. The van der Waals surface area contributed by atoms with Crippen molar-refractivity contribution in [2.45, 2.75) is 19.3 Å². The second-order valence-corrected chi connectivity index (χ2v) is 7.86. The molecule has 0 spiro atoms. The van der Waals surface area contributed by atoms with E-state index in [1.54, 1.807) is 24.3 Å². The fourth-order valence-corrected chi connectivity index (χ4v) is 3.85. The Morgan fingerprint density at radius 2 is 1.56 bits per heavy atom. The largest absolute Gasteiger partial charge is 0.339 e. The molecule has 0 aromatic heterocycles. The predicted molar refractivity (Wildman–Crippen MR) is 119 cm³/mol. The van der Waals surface area contributed by atoms with Gasteiger partial charge in [-0.2, -0.15) is 0 Å². The van der Waals surface area contributed by atoms with Gasteiger partial charge in [0.15, 0.2) is 5.11 Å². The average molecular weight is 493 g/mol. The molecule has 2 aromatic carbocycles. The SMILES string of the molecule is O=C(NC(=S)Nc1ccccc1C(=O)N1CCCCC1)c1ccccc1I. The van der Waals surface area contributed by atoms with Crippen molar-refractivity contribution in [1.29, 1.82) is 0 Å². The van der Waals surface area contributed by atoms with Crippen molar-refractivity contribution >= 4 is 57.4 Å². The highest BCUT2D eigenvalue weighted by molar-refractivity contribution is 14.1. The van der Waals surface area contributed by atoms with Gasteiger partial charge in [0.1, 0.15) is 0 Å². The van der Waals surface area contributed by atoms with Gasteiger partial charge in [-0.1, -0.05) is 24.3 Å². The van der Waals surface area contributed by atoms with Crippen LogP contribution in [0.5, 0.6) is 0 Å². The standard InChI is InChI=1S/C20H20IN3O2S/c21-16-10-4-2-8-14(16)18(25)23-20(27)22-17-11-5-3-9-15(17)19(26)24-12-6-1-7-13-24/h2-5,8-11H,1,6-7,12-13H2,(H2,22,23,25,27). The first-order valence-electron chi connectivity index (χ1n) is 8.81. The van der Waals surface area contributed by atoms with E-state index in [9.17, 15) is 9.59 Å². The Balaban J connectivity index is 1.70. The van der Waals surface area contributed by atoms with E-state index in [2.05, 4.69) is 33.2 Å². The summed E-state index contributed by atoms with van der Waals surface area (Å²) < 4.78 is 0.844. The van der Waals surface area contributed by atoms with Crippen molar-refractivity contribution in [3.8, 4) is 0 Å². The number of nitrogens with one attached hydrogen (secondary N) is 2.